The van der Waals surface area contributed by atoms with Gasteiger partial charge in [0.05, 0.1) is 6.10 Å². The fourth-order valence-electron chi connectivity index (χ4n) is 2.04. The largest absolute Gasteiger partial charge is 0.378 e. The van der Waals surface area contributed by atoms with Gasteiger partial charge in [-0.3, -0.25) is 4.79 Å². The van der Waals surface area contributed by atoms with Crippen LogP contribution in [0.4, 0.5) is 0 Å². The second-order valence-corrected chi connectivity index (χ2v) is 4.76. The summed E-state index contributed by atoms with van der Waals surface area (Å²) in [7, 11) is 0. The Balaban J connectivity index is 2.04. The van der Waals surface area contributed by atoms with Crippen LogP contribution in [0.3, 0.4) is 0 Å². The first-order valence-electron chi connectivity index (χ1n) is 6.63. The molecule has 2 atom stereocenters. The molecular weight excluding hydrogens is 202 g/mol. The molecule has 1 rings (SSSR count). The molecule has 3 heteroatoms. The Bertz CT molecular complexity index is 200. The first kappa shape index (κ1) is 13.5. The molecule has 0 unspecified atom stereocenters. The highest BCUT2D eigenvalue weighted by Gasteiger charge is 2.16. The van der Waals surface area contributed by atoms with Gasteiger partial charge in [0.2, 0.25) is 5.91 Å². The van der Waals surface area contributed by atoms with Gasteiger partial charge in [0.15, 0.2) is 0 Å². The van der Waals surface area contributed by atoms with E-state index < -0.39 is 0 Å². The summed E-state index contributed by atoms with van der Waals surface area (Å²) in [6.07, 6.45) is 6.97. The quantitative estimate of drug-likeness (QED) is 0.725. The van der Waals surface area contributed by atoms with Crippen molar-refractivity contribution in [3.05, 3.63) is 0 Å². The molecule has 0 spiro atoms. The zero-order valence-corrected chi connectivity index (χ0v) is 10.6. The van der Waals surface area contributed by atoms with E-state index in [0.717, 1.165) is 45.3 Å². The summed E-state index contributed by atoms with van der Waals surface area (Å²) < 4.78 is 5.51. The lowest BCUT2D eigenvalue weighted by molar-refractivity contribution is -0.124. The highest BCUT2D eigenvalue weighted by Crippen LogP contribution is 2.14. The predicted molar refractivity (Wildman–Crippen MR) is 65.3 cm³/mol. The van der Waals surface area contributed by atoms with Crippen molar-refractivity contribution >= 4 is 5.91 Å². The summed E-state index contributed by atoms with van der Waals surface area (Å²) in [5, 5.41) is 3.00. The maximum absolute atomic E-state index is 11.7. The van der Waals surface area contributed by atoms with Crippen LogP contribution in [0, 0.1) is 5.92 Å². The Hall–Kier alpha value is -0.570. The van der Waals surface area contributed by atoms with E-state index in [2.05, 4.69) is 12.2 Å². The zero-order chi connectivity index (χ0) is 11.8. The molecule has 0 bridgehead atoms. The van der Waals surface area contributed by atoms with E-state index >= 15 is 0 Å². The molecule has 1 heterocycles. The van der Waals surface area contributed by atoms with Crippen molar-refractivity contribution in [2.45, 2.75) is 58.5 Å². The summed E-state index contributed by atoms with van der Waals surface area (Å²) in [4.78, 5) is 11.7. The molecule has 0 radical (unpaired) electrons. The lowest BCUT2D eigenvalue weighted by atomic mass is 10.0. The van der Waals surface area contributed by atoms with Crippen LogP contribution in [0.15, 0.2) is 0 Å². The SMILES string of the molecule is CCCC[C@@H](C)C(=O)NCC[C@@H]1CCCO1. The van der Waals surface area contributed by atoms with Crippen LogP contribution >= 0.6 is 0 Å². The highest BCUT2D eigenvalue weighted by atomic mass is 16.5. The van der Waals surface area contributed by atoms with Gasteiger partial charge in [0.1, 0.15) is 0 Å². The molecule has 1 aliphatic heterocycles. The minimum absolute atomic E-state index is 0.157. The zero-order valence-electron chi connectivity index (χ0n) is 10.6. The Kier molecular flexibility index (Phi) is 6.46. The molecule has 3 nitrogen and oxygen atoms in total. The summed E-state index contributed by atoms with van der Waals surface area (Å²) >= 11 is 0. The van der Waals surface area contributed by atoms with Crippen molar-refractivity contribution in [3.63, 3.8) is 0 Å². The third-order valence-corrected chi connectivity index (χ3v) is 3.23. The van der Waals surface area contributed by atoms with E-state index in [1.165, 1.54) is 6.42 Å². The molecular formula is C13H25NO2. The number of carbonyl (C=O) groups is 1. The minimum atomic E-state index is 0.157. The minimum Gasteiger partial charge on any atom is -0.378 e. The molecule has 16 heavy (non-hydrogen) atoms. The van der Waals surface area contributed by atoms with Crippen LogP contribution in [-0.4, -0.2) is 25.2 Å². The second-order valence-electron chi connectivity index (χ2n) is 4.76. The lowest BCUT2D eigenvalue weighted by Gasteiger charge is -2.13. The third-order valence-electron chi connectivity index (χ3n) is 3.23. The van der Waals surface area contributed by atoms with Gasteiger partial charge in [-0.1, -0.05) is 26.7 Å². The second kappa shape index (κ2) is 7.66. The number of rotatable bonds is 7. The predicted octanol–water partition coefficient (Wildman–Crippen LogP) is 2.50. The normalized spacial score (nSPS) is 22.0. The Labute approximate surface area is 98.9 Å². The standard InChI is InChI=1S/C13H25NO2/c1-3-4-6-11(2)13(15)14-9-8-12-7-5-10-16-12/h11-12H,3-10H2,1-2H3,(H,14,15)/t11-,12+/m1/s1. The first-order valence-corrected chi connectivity index (χ1v) is 6.63. The molecule has 1 amide bonds. The number of ether oxygens (including phenoxy) is 1. The van der Waals surface area contributed by atoms with Crippen molar-refractivity contribution in [1.82, 2.24) is 5.32 Å². The fraction of sp³-hybridized carbons (Fsp3) is 0.923. The van der Waals surface area contributed by atoms with E-state index in [9.17, 15) is 4.79 Å². The van der Waals surface area contributed by atoms with Crippen LogP contribution in [0.1, 0.15) is 52.4 Å². The molecule has 94 valence electrons. The summed E-state index contributed by atoms with van der Waals surface area (Å²) in [5.41, 5.74) is 0. The molecule has 1 N–H and O–H groups in total. The molecule has 0 aliphatic carbocycles. The molecule has 0 saturated carbocycles. The van der Waals surface area contributed by atoms with Gasteiger partial charge >= 0.3 is 0 Å². The smallest absolute Gasteiger partial charge is 0.222 e. The Morgan fingerprint density at radius 3 is 3.00 bits per heavy atom. The van der Waals surface area contributed by atoms with Gasteiger partial charge in [-0.25, -0.2) is 0 Å². The number of hydrogen-bond acceptors (Lipinski definition) is 2. The number of amides is 1. The summed E-state index contributed by atoms with van der Waals surface area (Å²) in [6, 6.07) is 0. The Morgan fingerprint density at radius 2 is 2.38 bits per heavy atom. The molecule has 0 aromatic rings. The molecule has 0 aromatic carbocycles. The molecule has 1 fully saturated rings. The maximum Gasteiger partial charge on any atom is 0.222 e. The fourth-order valence-corrected chi connectivity index (χ4v) is 2.04. The van der Waals surface area contributed by atoms with Crippen molar-refractivity contribution in [2.75, 3.05) is 13.2 Å². The van der Waals surface area contributed by atoms with Crippen molar-refractivity contribution in [1.29, 1.82) is 0 Å². The highest BCUT2D eigenvalue weighted by molar-refractivity contribution is 5.78. The van der Waals surface area contributed by atoms with Crippen LogP contribution in [0.5, 0.6) is 0 Å². The summed E-state index contributed by atoms with van der Waals surface area (Å²) in [5.74, 6) is 0.357. The molecule has 0 aromatic heterocycles. The van der Waals surface area contributed by atoms with Crippen molar-refractivity contribution in [3.8, 4) is 0 Å². The van der Waals surface area contributed by atoms with Crippen LogP contribution in [0.25, 0.3) is 0 Å². The van der Waals surface area contributed by atoms with Gasteiger partial charge in [0.25, 0.3) is 0 Å². The topological polar surface area (TPSA) is 38.3 Å². The van der Waals surface area contributed by atoms with Gasteiger partial charge in [-0.15, -0.1) is 0 Å². The average molecular weight is 227 g/mol. The molecule has 1 aliphatic rings. The lowest BCUT2D eigenvalue weighted by Crippen LogP contribution is -2.31. The molecule has 1 saturated heterocycles. The number of nitrogens with one attached hydrogen (secondary N) is 1. The van der Waals surface area contributed by atoms with Crippen LogP contribution in [0.2, 0.25) is 0 Å². The van der Waals surface area contributed by atoms with Gasteiger partial charge in [0, 0.05) is 19.1 Å². The van der Waals surface area contributed by atoms with Crippen LogP contribution < -0.4 is 5.32 Å². The average Bonchev–Trinajstić information content (AvgIpc) is 2.78. The van der Waals surface area contributed by atoms with E-state index in [4.69, 9.17) is 4.74 Å². The van der Waals surface area contributed by atoms with Gasteiger partial charge in [-0.05, 0) is 25.7 Å². The number of carbonyl (C=O) groups excluding carboxylic acids is 1. The van der Waals surface area contributed by atoms with Crippen LogP contribution in [-0.2, 0) is 9.53 Å². The van der Waals surface area contributed by atoms with E-state index in [1.807, 2.05) is 6.92 Å². The van der Waals surface area contributed by atoms with Gasteiger partial charge in [-0.2, -0.15) is 0 Å². The van der Waals surface area contributed by atoms with Crippen molar-refractivity contribution in [2.24, 2.45) is 5.92 Å². The third kappa shape index (κ3) is 4.97. The summed E-state index contributed by atoms with van der Waals surface area (Å²) in [6.45, 7) is 5.82. The van der Waals surface area contributed by atoms with E-state index in [0.29, 0.717) is 6.10 Å². The monoisotopic (exact) mass is 227 g/mol. The Morgan fingerprint density at radius 1 is 1.56 bits per heavy atom. The van der Waals surface area contributed by atoms with Crippen molar-refractivity contribution < 1.29 is 9.53 Å². The van der Waals surface area contributed by atoms with E-state index in [-0.39, 0.29) is 11.8 Å². The van der Waals surface area contributed by atoms with Gasteiger partial charge < -0.3 is 10.1 Å². The number of hydrogen-bond donors (Lipinski definition) is 1. The maximum atomic E-state index is 11.7. The first-order chi connectivity index (χ1) is 7.74. The number of unbranched alkanes of at least 4 members (excludes halogenated alkanes) is 1. The van der Waals surface area contributed by atoms with E-state index in [1.54, 1.807) is 0 Å².